The van der Waals surface area contributed by atoms with Gasteiger partial charge in [0.2, 0.25) is 11.8 Å². The Labute approximate surface area is 124 Å². The molecular formula is C14H20ClN3O2. The van der Waals surface area contributed by atoms with Crippen molar-refractivity contribution >= 4 is 29.9 Å². The Bertz CT molecular complexity index is 476. The molecule has 1 aliphatic heterocycles. The minimum atomic E-state index is -0.416. The zero-order chi connectivity index (χ0) is 13.8. The fourth-order valence-corrected chi connectivity index (χ4v) is 2.19. The van der Waals surface area contributed by atoms with Crippen LogP contribution >= 0.6 is 12.4 Å². The first-order valence-electron chi connectivity index (χ1n) is 6.49. The summed E-state index contributed by atoms with van der Waals surface area (Å²) in [7, 11) is 0. The predicted octanol–water partition coefficient (Wildman–Crippen LogP) is 0.987. The van der Waals surface area contributed by atoms with Gasteiger partial charge in [0, 0.05) is 25.2 Å². The van der Waals surface area contributed by atoms with E-state index in [4.69, 9.17) is 5.73 Å². The molecule has 1 aliphatic rings. The molecule has 1 unspecified atom stereocenters. The lowest BCUT2D eigenvalue weighted by Crippen LogP contribution is -2.42. The number of carbonyl (C=O) groups excluding carboxylic acids is 2. The molecule has 5 nitrogen and oxygen atoms in total. The number of carbonyl (C=O) groups is 2. The van der Waals surface area contributed by atoms with Crippen LogP contribution < -0.4 is 16.0 Å². The summed E-state index contributed by atoms with van der Waals surface area (Å²) in [6.07, 6.45) is 0.900. The second kappa shape index (κ2) is 7.26. The van der Waals surface area contributed by atoms with Gasteiger partial charge in [-0.15, -0.1) is 12.4 Å². The van der Waals surface area contributed by atoms with Gasteiger partial charge in [-0.05, 0) is 25.5 Å². The molecule has 0 aromatic heterocycles. The highest BCUT2D eigenvalue weighted by Gasteiger charge is 2.33. The summed E-state index contributed by atoms with van der Waals surface area (Å²) >= 11 is 0. The van der Waals surface area contributed by atoms with Crippen LogP contribution in [0.5, 0.6) is 0 Å². The maximum absolute atomic E-state index is 12.2. The van der Waals surface area contributed by atoms with Crippen LogP contribution in [0, 0.1) is 6.92 Å². The van der Waals surface area contributed by atoms with Crippen LogP contribution in [0.3, 0.4) is 0 Å². The van der Waals surface area contributed by atoms with Crippen LogP contribution in [-0.2, 0) is 9.59 Å². The fourth-order valence-electron chi connectivity index (χ4n) is 2.19. The molecule has 1 heterocycles. The number of benzene rings is 1. The van der Waals surface area contributed by atoms with Crippen molar-refractivity contribution in [1.29, 1.82) is 0 Å². The summed E-state index contributed by atoms with van der Waals surface area (Å²) < 4.78 is 0. The van der Waals surface area contributed by atoms with Crippen LogP contribution in [0.25, 0.3) is 0 Å². The number of halogens is 1. The van der Waals surface area contributed by atoms with E-state index in [1.54, 1.807) is 4.90 Å². The molecule has 2 amide bonds. The Morgan fingerprint density at radius 2 is 2.05 bits per heavy atom. The van der Waals surface area contributed by atoms with Crippen molar-refractivity contribution in [1.82, 2.24) is 5.32 Å². The van der Waals surface area contributed by atoms with Gasteiger partial charge in [-0.25, -0.2) is 0 Å². The maximum atomic E-state index is 12.2. The largest absolute Gasteiger partial charge is 0.344 e. The van der Waals surface area contributed by atoms with Gasteiger partial charge in [0.05, 0.1) is 0 Å². The molecule has 0 saturated carbocycles. The molecule has 20 heavy (non-hydrogen) atoms. The second-order valence-electron chi connectivity index (χ2n) is 4.77. The summed E-state index contributed by atoms with van der Waals surface area (Å²) in [5, 5.41) is 2.73. The Morgan fingerprint density at radius 1 is 1.40 bits per heavy atom. The highest BCUT2D eigenvalue weighted by Crippen LogP contribution is 2.21. The highest BCUT2D eigenvalue weighted by molar-refractivity contribution is 6.01. The molecule has 1 aromatic rings. The molecule has 0 bridgehead atoms. The van der Waals surface area contributed by atoms with Gasteiger partial charge < -0.3 is 16.0 Å². The number of nitrogens with zero attached hydrogens (tertiary/aromatic N) is 1. The number of hydrogen-bond acceptors (Lipinski definition) is 3. The van der Waals surface area contributed by atoms with E-state index >= 15 is 0 Å². The van der Waals surface area contributed by atoms with Crippen LogP contribution in [0.2, 0.25) is 0 Å². The van der Waals surface area contributed by atoms with Crippen LogP contribution in [0.1, 0.15) is 18.4 Å². The smallest absolute Gasteiger partial charge is 0.249 e. The van der Waals surface area contributed by atoms with Gasteiger partial charge in [-0.3, -0.25) is 9.59 Å². The van der Waals surface area contributed by atoms with E-state index in [2.05, 4.69) is 5.32 Å². The first-order chi connectivity index (χ1) is 9.11. The summed E-state index contributed by atoms with van der Waals surface area (Å²) in [5.74, 6) is -0.208. The number of nitrogens with one attached hydrogen (secondary N) is 1. The average Bonchev–Trinajstić information content (AvgIpc) is 2.73. The standard InChI is InChI=1S/C14H19N3O2.ClH/c1-10-2-4-11(5-3-10)17-9-7-12(14(17)19)16-13(18)6-8-15;/h2-5,12H,6-9,15H2,1H3,(H,16,18);1H. The number of anilines is 1. The van der Waals surface area contributed by atoms with Crippen molar-refractivity contribution in [2.75, 3.05) is 18.0 Å². The lowest BCUT2D eigenvalue weighted by molar-refractivity contribution is -0.126. The molecule has 1 saturated heterocycles. The zero-order valence-corrected chi connectivity index (χ0v) is 12.3. The van der Waals surface area contributed by atoms with Crippen molar-refractivity contribution < 1.29 is 9.59 Å². The van der Waals surface area contributed by atoms with Crippen LogP contribution in [-0.4, -0.2) is 30.9 Å². The van der Waals surface area contributed by atoms with E-state index in [0.717, 1.165) is 11.3 Å². The third-order valence-corrected chi connectivity index (χ3v) is 3.26. The third-order valence-electron chi connectivity index (χ3n) is 3.26. The number of aryl methyl sites for hydroxylation is 1. The molecule has 6 heteroatoms. The van der Waals surface area contributed by atoms with Crippen molar-refractivity contribution in [3.63, 3.8) is 0 Å². The number of hydrogen-bond donors (Lipinski definition) is 2. The van der Waals surface area contributed by atoms with Crippen molar-refractivity contribution in [3.8, 4) is 0 Å². The quantitative estimate of drug-likeness (QED) is 0.870. The van der Waals surface area contributed by atoms with Gasteiger partial charge in [0.15, 0.2) is 0 Å². The third kappa shape index (κ3) is 3.71. The van der Waals surface area contributed by atoms with Crippen molar-refractivity contribution in [3.05, 3.63) is 29.8 Å². The number of rotatable bonds is 4. The maximum Gasteiger partial charge on any atom is 0.249 e. The molecular weight excluding hydrogens is 278 g/mol. The van der Waals surface area contributed by atoms with Crippen molar-refractivity contribution in [2.45, 2.75) is 25.8 Å². The zero-order valence-electron chi connectivity index (χ0n) is 11.5. The normalized spacial score (nSPS) is 17.8. The Kier molecular flexibility index (Phi) is 5.98. The molecule has 0 spiro atoms. The Hall–Kier alpha value is -1.59. The van der Waals surface area contributed by atoms with E-state index in [1.807, 2.05) is 31.2 Å². The lowest BCUT2D eigenvalue weighted by Gasteiger charge is -2.17. The van der Waals surface area contributed by atoms with Gasteiger partial charge >= 0.3 is 0 Å². The van der Waals surface area contributed by atoms with E-state index in [1.165, 1.54) is 0 Å². The summed E-state index contributed by atoms with van der Waals surface area (Å²) in [5.41, 5.74) is 7.35. The first kappa shape index (κ1) is 16.5. The molecule has 110 valence electrons. The molecule has 1 fully saturated rings. The molecule has 2 rings (SSSR count). The van der Waals surface area contributed by atoms with E-state index in [0.29, 0.717) is 19.5 Å². The van der Waals surface area contributed by atoms with Gasteiger partial charge in [-0.2, -0.15) is 0 Å². The minimum Gasteiger partial charge on any atom is -0.344 e. The monoisotopic (exact) mass is 297 g/mol. The van der Waals surface area contributed by atoms with Gasteiger partial charge in [-0.1, -0.05) is 17.7 Å². The topological polar surface area (TPSA) is 75.4 Å². The Morgan fingerprint density at radius 3 is 2.65 bits per heavy atom. The Balaban J connectivity index is 0.00000200. The summed E-state index contributed by atoms with van der Waals surface area (Å²) in [6, 6.07) is 7.39. The number of amides is 2. The predicted molar refractivity (Wildman–Crippen MR) is 81.0 cm³/mol. The fraction of sp³-hybridized carbons (Fsp3) is 0.429. The number of nitrogens with two attached hydrogens (primary N) is 1. The molecule has 0 aliphatic carbocycles. The highest BCUT2D eigenvalue weighted by atomic mass is 35.5. The first-order valence-corrected chi connectivity index (χ1v) is 6.49. The summed E-state index contributed by atoms with van der Waals surface area (Å²) in [4.78, 5) is 25.4. The summed E-state index contributed by atoms with van der Waals surface area (Å²) in [6.45, 7) is 2.94. The average molecular weight is 298 g/mol. The van der Waals surface area contributed by atoms with E-state index < -0.39 is 6.04 Å². The van der Waals surface area contributed by atoms with Gasteiger partial charge in [0.1, 0.15) is 6.04 Å². The minimum absolute atomic E-state index is 0. The lowest BCUT2D eigenvalue weighted by atomic mass is 10.2. The van der Waals surface area contributed by atoms with Crippen molar-refractivity contribution in [2.24, 2.45) is 5.73 Å². The molecule has 0 radical (unpaired) electrons. The van der Waals surface area contributed by atoms with E-state index in [-0.39, 0.29) is 30.6 Å². The van der Waals surface area contributed by atoms with Crippen LogP contribution in [0.4, 0.5) is 5.69 Å². The van der Waals surface area contributed by atoms with Gasteiger partial charge in [0.25, 0.3) is 0 Å². The second-order valence-corrected chi connectivity index (χ2v) is 4.77. The molecule has 3 N–H and O–H groups in total. The van der Waals surface area contributed by atoms with E-state index in [9.17, 15) is 9.59 Å². The SMILES string of the molecule is Cc1ccc(N2CCC(NC(=O)CCN)C2=O)cc1.Cl. The molecule has 1 aromatic carbocycles. The molecule has 1 atom stereocenters. The van der Waals surface area contributed by atoms with Crippen LogP contribution in [0.15, 0.2) is 24.3 Å².